The molecule has 1 amide bonds. The summed E-state index contributed by atoms with van der Waals surface area (Å²) in [5, 5.41) is 2.62. The van der Waals surface area contributed by atoms with E-state index >= 15 is 0 Å². The number of nitrogens with one attached hydrogen (secondary N) is 1. The Bertz CT molecular complexity index is 391. The van der Waals surface area contributed by atoms with Crippen molar-refractivity contribution in [2.24, 2.45) is 0 Å². The largest absolute Gasteiger partial charge is 0.469 e. The van der Waals surface area contributed by atoms with E-state index in [1.54, 1.807) is 24.3 Å². The van der Waals surface area contributed by atoms with Crippen molar-refractivity contribution in [3.8, 4) is 5.75 Å². The first-order valence-electron chi connectivity index (χ1n) is 5.76. The molecule has 0 aromatic heterocycles. The molecule has 5 nitrogen and oxygen atoms in total. The quantitative estimate of drug-likeness (QED) is 0.814. The number of hydrogen-bond acceptors (Lipinski definition) is 4. The SMILES string of the molecule is CCC(CC(=O)OC)NC(=O)Oc1ccccc1. The van der Waals surface area contributed by atoms with Crippen LogP contribution in [0.3, 0.4) is 0 Å². The molecule has 1 rings (SSSR count). The summed E-state index contributed by atoms with van der Waals surface area (Å²) in [6.45, 7) is 1.87. The van der Waals surface area contributed by atoms with Gasteiger partial charge < -0.3 is 14.8 Å². The molecule has 0 fully saturated rings. The molecule has 0 aliphatic heterocycles. The fraction of sp³-hybridized carbons (Fsp3) is 0.385. The van der Waals surface area contributed by atoms with Gasteiger partial charge in [-0.15, -0.1) is 0 Å². The number of esters is 1. The van der Waals surface area contributed by atoms with E-state index in [4.69, 9.17) is 4.74 Å². The minimum Gasteiger partial charge on any atom is -0.469 e. The lowest BCUT2D eigenvalue weighted by Crippen LogP contribution is -2.38. The normalized spacial score (nSPS) is 11.4. The monoisotopic (exact) mass is 251 g/mol. The van der Waals surface area contributed by atoms with E-state index in [1.807, 2.05) is 13.0 Å². The van der Waals surface area contributed by atoms with Gasteiger partial charge in [-0.1, -0.05) is 25.1 Å². The molecule has 0 radical (unpaired) electrons. The van der Waals surface area contributed by atoms with Crippen LogP contribution < -0.4 is 10.1 Å². The van der Waals surface area contributed by atoms with E-state index in [0.717, 1.165) is 0 Å². The number of carbonyl (C=O) groups excluding carboxylic acids is 2. The van der Waals surface area contributed by atoms with Crippen molar-refractivity contribution in [3.63, 3.8) is 0 Å². The molecule has 0 aliphatic rings. The third-order valence-electron chi connectivity index (χ3n) is 2.41. The van der Waals surface area contributed by atoms with Gasteiger partial charge >= 0.3 is 12.1 Å². The summed E-state index contributed by atoms with van der Waals surface area (Å²) < 4.78 is 9.61. The molecule has 1 aromatic carbocycles. The second-order valence-electron chi connectivity index (χ2n) is 3.73. The van der Waals surface area contributed by atoms with Crippen LogP contribution in [0.5, 0.6) is 5.75 Å². The standard InChI is InChI=1S/C13H17NO4/c1-3-10(9-12(15)17-2)14-13(16)18-11-7-5-4-6-8-11/h4-8,10H,3,9H2,1-2H3,(H,14,16). The number of benzene rings is 1. The molecular weight excluding hydrogens is 234 g/mol. The maximum absolute atomic E-state index is 11.6. The van der Waals surface area contributed by atoms with Gasteiger partial charge in [0.05, 0.1) is 13.5 Å². The molecule has 1 aromatic rings. The smallest absolute Gasteiger partial charge is 0.412 e. The third kappa shape index (κ3) is 4.86. The van der Waals surface area contributed by atoms with Crippen LogP contribution in [0.4, 0.5) is 4.79 Å². The van der Waals surface area contributed by atoms with Crippen molar-refractivity contribution in [2.75, 3.05) is 7.11 Å². The predicted molar refractivity (Wildman–Crippen MR) is 66.3 cm³/mol. The fourth-order valence-corrected chi connectivity index (χ4v) is 1.37. The van der Waals surface area contributed by atoms with E-state index in [1.165, 1.54) is 7.11 Å². The Morgan fingerprint density at radius 2 is 1.94 bits per heavy atom. The zero-order valence-corrected chi connectivity index (χ0v) is 10.5. The average Bonchev–Trinajstić information content (AvgIpc) is 2.38. The lowest BCUT2D eigenvalue weighted by Gasteiger charge is -2.15. The molecular formula is C13H17NO4. The second-order valence-corrected chi connectivity index (χ2v) is 3.73. The van der Waals surface area contributed by atoms with Crippen LogP contribution in [0.15, 0.2) is 30.3 Å². The summed E-state index contributed by atoms with van der Waals surface area (Å²) in [4.78, 5) is 22.7. The molecule has 5 heteroatoms. The highest BCUT2D eigenvalue weighted by Gasteiger charge is 2.16. The first-order valence-corrected chi connectivity index (χ1v) is 5.76. The number of para-hydroxylation sites is 1. The lowest BCUT2D eigenvalue weighted by atomic mass is 10.1. The highest BCUT2D eigenvalue weighted by Crippen LogP contribution is 2.09. The van der Waals surface area contributed by atoms with Crippen LogP contribution in [0.1, 0.15) is 19.8 Å². The van der Waals surface area contributed by atoms with E-state index < -0.39 is 6.09 Å². The molecule has 18 heavy (non-hydrogen) atoms. The number of rotatable bonds is 5. The Balaban J connectivity index is 2.45. The summed E-state index contributed by atoms with van der Waals surface area (Å²) in [7, 11) is 1.32. The van der Waals surface area contributed by atoms with Gasteiger partial charge in [0.2, 0.25) is 0 Å². The Labute approximate surface area is 106 Å². The maximum atomic E-state index is 11.6. The van der Waals surface area contributed by atoms with Crippen LogP contribution in [0.25, 0.3) is 0 Å². The Hall–Kier alpha value is -2.04. The minimum atomic E-state index is -0.572. The Morgan fingerprint density at radius 3 is 2.50 bits per heavy atom. The van der Waals surface area contributed by atoms with Crippen molar-refractivity contribution in [1.29, 1.82) is 0 Å². The summed E-state index contributed by atoms with van der Waals surface area (Å²) in [6, 6.07) is 8.45. The van der Waals surface area contributed by atoms with Crippen LogP contribution >= 0.6 is 0 Å². The van der Waals surface area contributed by atoms with E-state index in [0.29, 0.717) is 12.2 Å². The summed E-state index contributed by atoms with van der Waals surface area (Å²) in [5.41, 5.74) is 0. The Morgan fingerprint density at radius 1 is 1.28 bits per heavy atom. The third-order valence-corrected chi connectivity index (χ3v) is 2.41. The predicted octanol–water partition coefficient (Wildman–Crippen LogP) is 2.12. The molecule has 0 bridgehead atoms. The van der Waals surface area contributed by atoms with Crippen LogP contribution in [0.2, 0.25) is 0 Å². The first-order chi connectivity index (χ1) is 8.65. The molecule has 0 aliphatic carbocycles. The van der Waals surface area contributed by atoms with Gasteiger partial charge in [-0.3, -0.25) is 4.79 Å². The van der Waals surface area contributed by atoms with Gasteiger partial charge in [-0.2, -0.15) is 0 Å². The second kappa shape index (κ2) is 7.32. The molecule has 0 spiro atoms. The van der Waals surface area contributed by atoms with Gasteiger partial charge in [0.15, 0.2) is 0 Å². The summed E-state index contributed by atoms with van der Waals surface area (Å²) >= 11 is 0. The molecule has 0 saturated heterocycles. The molecule has 98 valence electrons. The van der Waals surface area contributed by atoms with Crippen LogP contribution in [-0.4, -0.2) is 25.2 Å². The zero-order valence-electron chi connectivity index (χ0n) is 10.5. The topological polar surface area (TPSA) is 64.6 Å². The number of ether oxygens (including phenoxy) is 2. The fourth-order valence-electron chi connectivity index (χ4n) is 1.37. The van der Waals surface area contributed by atoms with E-state index in [9.17, 15) is 9.59 Å². The van der Waals surface area contributed by atoms with Crippen molar-refractivity contribution in [2.45, 2.75) is 25.8 Å². The summed E-state index contributed by atoms with van der Waals surface area (Å²) in [6.07, 6.45) is 0.188. The molecule has 1 N–H and O–H groups in total. The average molecular weight is 251 g/mol. The van der Waals surface area contributed by atoms with Crippen molar-refractivity contribution in [3.05, 3.63) is 30.3 Å². The van der Waals surface area contributed by atoms with E-state index in [2.05, 4.69) is 10.1 Å². The summed E-state index contributed by atoms with van der Waals surface area (Å²) in [5.74, 6) is 0.102. The van der Waals surface area contributed by atoms with Gasteiger partial charge in [0.25, 0.3) is 0 Å². The first kappa shape index (κ1) is 14.0. The minimum absolute atomic E-state index is 0.136. The maximum Gasteiger partial charge on any atom is 0.412 e. The number of hydrogen-bond donors (Lipinski definition) is 1. The molecule has 0 saturated carbocycles. The number of amides is 1. The highest BCUT2D eigenvalue weighted by molar-refractivity contribution is 5.73. The van der Waals surface area contributed by atoms with Crippen molar-refractivity contribution in [1.82, 2.24) is 5.32 Å². The van der Waals surface area contributed by atoms with Crippen molar-refractivity contribution < 1.29 is 19.1 Å². The van der Waals surface area contributed by atoms with Crippen LogP contribution in [-0.2, 0) is 9.53 Å². The molecule has 0 heterocycles. The van der Waals surface area contributed by atoms with Gasteiger partial charge in [-0.05, 0) is 18.6 Å². The van der Waals surface area contributed by atoms with Crippen LogP contribution in [0, 0.1) is 0 Å². The van der Waals surface area contributed by atoms with E-state index in [-0.39, 0.29) is 18.4 Å². The lowest BCUT2D eigenvalue weighted by molar-refractivity contribution is -0.141. The molecule has 1 unspecified atom stereocenters. The molecule has 1 atom stereocenters. The number of methoxy groups -OCH3 is 1. The van der Waals surface area contributed by atoms with Crippen molar-refractivity contribution >= 4 is 12.1 Å². The number of carbonyl (C=O) groups is 2. The van der Waals surface area contributed by atoms with Gasteiger partial charge in [0.1, 0.15) is 5.75 Å². The zero-order chi connectivity index (χ0) is 13.4. The van der Waals surface area contributed by atoms with Gasteiger partial charge in [0, 0.05) is 6.04 Å². The Kier molecular flexibility index (Phi) is 5.70. The van der Waals surface area contributed by atoms with Gasteiger partial charge in [-0.25, -0.2) is 4.79 Å². The highest BCUT2D eigenvalue weighted by atomic mass is 16.6.